The third kappa shape index (κ3) is 2.09. The van der Waals surface area contributed by atoms with Gasteiger partial charge in [0.15, 0.2) is 0 Å². The number of hydrogen-bond acceptors (Lipinski definition) is 3. The number of pyridine rings is 2. The van der Waals surface area contributed by atoms with Gasteiger partial charge >= 0.3 is 0 Å². The Balaban J connectivity index is 2.24. The highest BCUT2D eigenvalue weighted by Gasteiger charge is 1.98. The lowest BCUT2D eigenvalue weighted by atomic mass is 10.4. The summed E-state index contributed by atoms with van der Waals surface area (Å²) in [6.45, 7) is 0. The average Bonchev–Trinajstić information content (AvgIpc) is 2.23. The molecule has 2 heterocycles. The molecule has 0 radical (unpaired) electrons. The van der Waals surface area contributed by atoms with Crippen LogP contribution in [-0.4, -0.2) is 9.97 Å². The third-order valence-electron chi connectivity index (χ3n) is 1.70. The van der Waals surface area contributed by atoms with Gasteiger partial charge in [0.2, 0.25) is 0 Å². The van der Waals surface area contributed by atoms with Crippen LogP contribution in [0.15, 0.2) is 47.3 Å². The first kappa shape index (κ1) is 9.15. The highest BCUT2D eigenvalue weighted by Crippen LogP contribution is 2.22. The SMILES string of the molecule is Brc1ccncc1Nc1ccccn1. The van der Waals surface area contributed by atoms with Gasteiger partial charge in [-0.3, -0.25) is 4.98 Å². The van der Waals surface area contributed by atoms with E-state index in [4.69, 9.17) is 0 Å². The fraction of sp³-hybridized carbons (Fsp3) is 0. The Labute approximate surface area is 90.3 Å². The molecule has 2 aromatic rings. The van der Waals surface area contributed by atoms with Crippen LogP contribution >= 0.6 is 15.9 Å². The van der Waals surface area contributed by atoms with Crippen molar-refractivity contribution in [3.05, 3.63) is 47.3 Å². The number of halogens is 1. The van der Waals surface area contributed by atoms with Crippen molar-refractivity contribution in [2.24, 2.45) is 0 Å². The van der Waals surface area contributed by atoms with E-state index >= 15 is 0 Å². The van der Waals surface area contributed by atoms with E-state index in [-0.39, 0.29) is 0 Å². The zero-order valence-corrected chi connectivity index (χ0v) is 8.90. The molecule has 4 heteroatoms. The molecule has 1 N–H and O–H groups in total. The Morgan fingerprint density at radius 1 is 1.14 bits per heavy atom. The van der Waals surface area contributed by atoms with Crippen LogP contribution in [0, 0.1) is 0 Å². The molecule has 3 nitrogen and oxygen atoms in total. The molecule has 0 aliphatic heterocycles. The maximum Gasteiger partial charge on any atom is 0.130 e. The van der Waals surface area contributed by atoms with Crippen molar-refractivity contribution in [2.75, 3.05) is 5.32 Å². The van der Waals surface area contributed by atoms with E-state index in [1.54, 1.807) is 18.6 Å². The normalized spacial score (nSPS) is 9.79. The lowest BCUT2D eigenvalue weighted by molar-refractivity contribution is 1.27. The fourth-order valence-electron chi connectivity index (χ4n) is 1.04. The molecule has 0 atom stereocenters. The highest BCUT2D eigenvalue weighted by molar-refractivity contribution is 9.10. The molecule has 0 aliphatic carbocycles. The van der Waals surface area contributed by atoms with Crippen LogP contribution in [0.3, 0.4) is 0 Å². The van der Waals surface area contributed by atoms with Crippen molar-refractivity contribution in [3.8, 4) is 0 Å². The molecular weight excluding hydrogens is 242 g/mol. The van der Waals surface area contributed by atoms with E-state index in [2.05, 4.69) is 31.2 Å². The summed E-state index contributed by atoms with van der Waals surface area (Å²) >= 11 is 3.42. The molecule has 0 unspecified atom stereocenters. The Bertz CT molecular complexity index is 417. The first-order valence-electron chi connectivity index (χ1n) is 4.14. The lowest BCUT2D eigenvalue weighted by Crippen LogP contribution is -1.93. The summed E-state index contributed by atoms with van der Waals surface area (Å²) in [5.74, 6) is 0.807. The summed E-state index contributed by atoms with van der Waals surface area (Å²) in [5, 5.41) is 3.15. The van der Waals surface area contributed by atoms with Crippen LogP contribution in [0.4, 0.5) is 11.5 Å². The quantitative estimate of drug-likeness (QED) is 0.890. The van der Waals surface area contributed by atoms with E-state index < -0.39 is 0 Å². The van der Waals surface area contributed by atoms with Crippen LogP contribution in [0.25, 0.3) is 0 Å². The molecule has 0 spiro atoms. The van der Waals surface area contributed by atoms with Gasteiger partial charge in [-0.1, -0.05) is 6.07 Å². The van der Waals surface area contributed by atoms with Crippen LogP contribution in [0.1, 0.15) is 0 Å². The number of anilines is 2. The van der Waals surface area contributed by atoms with Gasteiger partial charge in [0, 0.05) is 16.9 Å². The summed E-state index contributed by atoms with van der Waals surface area (Å²) in [5.41, 5.74) is 0.909. The van der Waals surface area contributed by atoms with Crippen LogP contribution in [0.2, 0.25) is 0 Å². The van der Waals surface area contributed by atoms with E-state index in [0.29, 0.717) is 0 Å². The molecule has 14 heavy (non-hydrogen) atoms. The van der Waals surface area contributed by atoms with Crippen molar-refractivity contribution in [3.63, 3.8) is 0 Å². The minimum Gasteiger partial charge on any atom is -0.338 e. The molecule has 0 aromatic carbocycles. The molecule has 2 rings (SSSR count). The summed E-state index contributed by atoms with van der Waals surface area (Å²) < 4.78 is 0.971. The van der Waals surface area contributed by atoms with Crippen LogP contribution in [0.5, 0.6) is 0 Å². The van der Waals surface area contributed by atoms with Crippen LogP contribution < -0.4 is 5.32 Å². The van der Waals surface area contributed by atoms with E-state index in [1.807, 2.05) is 24.3 Å². The largest absolute Gasteiger partial charge is 0.338 e. The molecule has 0 bridgehead atoms. The van der Waals surface area contributed by atoms with Gasteiger partial charge in [-0.15, -0.1) is 0 Å². The van der Waals surface area contributed by atoms with Gasteiger partial charge < -0.3 is 5.32 Å². The Morgan fingerprint density at radius 3 is 2.79 bits per heavy atom. The van der Waals surface area contributed by atoms with Gasteiger partial charge in [-0.05, 0) is 34.1 Å². The Hall–Kier alpha value is -1.42. The van der Waals surface area contributed by atoms with Crippen molar-refractivity contribution in [1.29, 1.82) is 0 Å². The third-order valence-corrected chi connectivity index (χ3v) is 2.39. The monoisotopic (exact) mass is 249 g/mol. The highest BCUT2D eigenvalue weighted by atomic mass is 79.9. The fourth-order valence-corrected chi connectivity index (χ4v) is 1.36. The molecule has 0 fully saturated rings. The van der Waals surface area contributed by atoms with E-state index in [0.717, 1.165) is 16.0 Å². The molecular formula is C10H8BrN3. The van der Waals surface area contributed by atoms with Crippen molar-refractivity contribution >= 4 is 27.4 Å². The molecule has 0 amide bonds. The van der Waals surface area contributed by atoms with Gasteiger partial charge in [0.25, 0.3) is 0 Å². The zero-order chi connectivity index (χ0) is 9.80. The van der Waals surface area contributed by atoms with Crippen molar-refractivity contribution < 1.29 is 0 Å². The number of nitrogens with zero attached hydrogens (tertiary/aromatic N) is 2. The van der Waals surface area contributed by atoms with Gasteiger partial charge in [0.1, 0.15) is 5.82 Å². The summed E-state index contributed by atoms with van der Waals surface area (Å²) in [6.07, 6.45) is 5.22. The number of nitrogens with one attached hydrogen (secondary N) is 1. The van der Waals surface area contributed by atoms with E-state index in [9.17, 15) is 0 Å². The molecule has 0 saturated heterocycles. The van der Waals surface area contributed by atoms with Gasteiger partial charge in [-0.2, -0.15) is 0 Å². The average molecular weight is 250 g/mol. The molecule has 2 aromatic heterocycles. The summed E-state index contributed by atoms with van der Waals surface area (Å²) in [6, 6.07) is 7.59. The maximum absolute atomic E-state index is 4.16. The van der Waals surface area contributed by atoms with Gasteiger partial charge in [-0.25, -0.2) is 4.98 Å². The molecule has 0 aliphatic rings. The minimum absolute atomic E-state index is 0.807. The predicted octanol–water partition coefficient (Wildman–Crippen LogP) is 2.98. The molecule has 70 valence electrons. The Morgan fingerprint density at radius 2 is 2.07 bits per heavy atom. The van der Waals surface area contributed by atoms with Crippen molar-refractivity contribution in [2.45, 2.75) is 0 Å². The number of hydrogen-bond donors (Lipinski definition) is 1. The second-order valence-corrected chi connectivity index (χ2v) is 3.55. The zero-order valence-electron chi connectivity index (χ0n) is 7.31. The summed E-state index contributed by atoms with van der Waals surface area (Å²) in [4.78, 5) is 8.18. The first-order valence-corrected chi connectivity index (χ1v) is 4.93. The topological polar surface area (TPSA) is 37.8 Å². The summed E-state index contributed by atoms with van der Waals surface area (Å²) in [7, 11) is 0. The number of rotatable bonds is 2. The van der Waals surface area contributed by atoms with E-state index in [1.165, 1.54) is 0 Å². The minimum atomic E-state index is 0.807. The first-order chi connectivity index (χ1) is 6.86. The predicted molar refractivity (Wildman–Crippen MR) is 59.5 cm³/mol. The smallest absolute Gasteiger partial charge is 0.130 e. The van der Waals surface area contributed by atoms with Gasteiger partial charge in [0.05, 0.1) is 11.9 Å². The second-order valence-electron chi connectivity index (χ2n) is 2.70. The molecule has 0 saturated carbocycles. The maximum atomic E-state index is 4.16. The standard InChI is InChI=1S/C10H8BrN3/c11-8-4-6-12-7-9(8)14-10-3-1-2-5-13-10/h1-7H,(H,13,14). The lowest BCUT2D eigenvalue weighted by Gasteiger charge is -2.05. The van der Waals surface area contributed by atoms with Crippen molar-refractivity contribution in [1.82, 2.24) is 9.97 Å². The number of aromatic nitrogens is 2. The second kappa shape index (κ2) is 4.19. The Kier molecular flexibility index (Phi) is 2.74. The van der Waals surface area contributed by atoms with Crippen LogP contribution in [-0.2, 0) is 0 Å².